The van der Waals surface area contributed by atoms with E-state index < -0.39 is 139 Å². The van der Waals surface area contributed by atoms with Crippen LogP contribution < -0.4 is 65.9 Å². The molecule has 25 heteroatoms. The van der Waals surface area contributed by atoms with Gasteiger partial charge in [-0.2, -0.15) is 0 Å². The molecule has 1 aliphatic heterocycles. The summed E-state index contributed by atoms with van der Waals surface area (Å²) in [5.74, 6) is -8.90. The maximum Gasteiger partial charge on any atom is 0.243 e. The van der Waals surface area contributed by atoms with E-state index in [0.717, 1.165) is 16.7 Å². The van der Waals surface area contributed by atoms with Crippen LogP contribution >= 0.6 is 0 Å². The molecule has 0 radical (unpaired) electrons. The Kier molecular flexibility index (Phi) is 28.0. The molecule has 1 heterocycles. The molecule has 1 fully saturated rings. The number of aromatic hydroxyl groups is 1. The molecule has 93 heavy (non-hydrogen) atoms. The summed E-state index contributed by atoms with van der Waals surface area (Å²) in [6, 6.07) is 25.6. The zero-order valence-electron chi connectivity index (χ0n) is 52.5. The third kappa shape index (κ3) is 23.0. The molecule has 25 nitrogen and oxygen atoms in total. The van der Waals surface area contributed by atoms with E-state index in [1.807, 2.05) is 0 Å². The number of unbranched alkanes of at least 4 members (excludes halogenated alkanes) is 1. The molecule has 0 aromatic heterocycles. The highest BCUT2D eigenvalue weighted by Gasteiger charge is 2.40. The van der Waals surface area contributed by atoms with E-state index in [1.54, 1.807) is 147 Å². The fourth-order valence-corrected chi connectivity index (χ4v) is 11.1. The number of benzene rings is 5. The minimum atomic E-state index is -1.61. The van der Waals surface area contributed by atoms with Gasteiger partial charge in [-0.05, 0) is 123 Å². The van der Waals surface area contributed by atoms with Crippen molar-refractivity contribution in [1.82, 2.24) is 42.1 Å². The number of nitrogens with zero attached hydrogens (tertiary/aromatic N) is 1. The molecule has 6 rings (SSSR count). The van der Waals surface area contributed by atoms with E-state index in [4.69, 9.17) is 28.7 Å². The van der Waals surface area contributed by atoms with Crippen LogP contribution in [0.25, 0.3) is 0 Å². The third-order valence-corrected chi connectivity index (χ3v) is 16.2. The van der Waals surface area contributed by atoms with Gasteiger partial charge in [0, 0.05) is 45.1 Å². The predicted molar refractivity (Wildman–Crippen MR) is 347 cm³/mol. The Hall–Kier alpha value is -10.0. The maximum atomic E-state index is 14.9. The number of carbonyl (C=O) groups is 11. The van der Waals surface area contributed by atoms with Crippen LogP contribution in [0.15, 0.2) is 133 Å². The fraction of sp³-hybridized carbons (Fsp3) is 0.397. The zero-order valence-corrected chi connectivity index (χ0v) is 52.5. The third-order valence-electron chi connectivity index (χ3n) is 16.2. The van der Waals surface area contributed by atoms with Crippen molar-refractivity contribution in [2.75, 3.05) is 13.1 Å². The average Bonchev–Trinajstić information content (AvgIpc) is 1.84. The van der Waals surface area contributed by atoms with E-state index in [-0.39, 0.29) is 63.7 Å². The van der Waals surface area contributed by atoms with Crippen LogP contribution in [-0.2, 0) is 84.8 Å². The first-order chi connectivity index (χ1) is 44.5. The summed E-state index contributed by atoms with van der Waals surface area (Å²) in [5, 5.41) is 29.0. The summed E-state index contributed by atoms with van der Waals surface area (Å²) >= 11 is 0. The van der Waals surface area contributed by atoms with Crippen LogP contribution in [0.1, 0.15) is 96.7 Å². The Morgan fingerprint density at radius 2 is 0.817 bits per heavy atom. The molecule has 1 saturated heterocycles. The average molecular weight is 1280 g/mol. The highest BCUT2D eigenvalue weighted by Crippen LogP contribution is 2.25. The van der Waals surface area contributed by atoms with Crippen LogP contribution in [0.5, 0.6) is 5.75 Å². The number of likely N-dealkylation sites (tertiary alicyclic amines) is 1. The number of carbonyl (C=O) groups excluding carboxylic acids is 11. The van der Waals surface area contributed by atoms with Gasteiger partial charge in [0.1, 0.15) is 54.1 Å². The first-order valence-corrected chi connectivity index (χ1v) is 31.2. The number of phenols is 1. The lowest BCUT2D eigenvalue weighted by atomic mass is 9.95. The second-order valence-electron chi connectivity index (χ2n) is 23.4. The van der Waals surface area contributed by atoms with Crippen molar-refractivity contribution >= 4 is 65.0 Å². The standard InChI is InChI=1S/C68H87N13O12/c1-41-34-47(82)35-42(2)48(41)40-49(70)68(93)81-33-17-27-57(81)67(92)80-56(39-46-24-13-6-14-25-46)66(91)79-55(38-45-22-11-5-12-23-45)65(90)76-52(29-31-59(72)84)62(87)78-54(37-44-20-9-4-10-21-44)64(89)75-51(28-30-58(71)83)61(86)77-53(36-43-18-7-3-8-19-43)63(88)74-50(60(73)85)26-15-16-32-69/h3-14,18-25,34-35,49-57,82H,15-17,26-33,36-40,69-70H2,1-2H3,(H2,71,83)(H2,72,84)(H2,73,85)(H,74,88)(H,75,89)(H,76,90)(H,77,86)(H,78,87)(H,79,91)(H,80,92)/t49-,50-,51-,52-,53-,54-,55-,56-,57-/m0/s1. The van der Waals surface area contributed by atoms with E-state index in [2.05, 4.69) is 37.2 Å². The SMILES string of the molecule is Cc1cc(O)cc(C)c1C[C@H](N)C(=O)N1CCC[C@H]1C(=O)N[C@@H](Cc1ccccc1)C(=O)N[C@@H](Cc1ccccc1)C(=O)N[C@@H](CCC(N)=O)C(=O)N[C@@H](Cc1ccccc1)C(=O)N[C@@H](CCC(N)=O)C(=O)N[C@@H](Cc1ccccc1)C(=O)N[C@@H](CCCCN)C(N)=O. The first-order valence-electron chi connectivity index (χ1n) is 31.2. The summed E-state index contributed by atoms with van der Waals surface area (Å²) in [4.78, 5) is 155. The Morgan fingerprint density at radius 1 is 0.473 bits per heavy atom. The molecule has 5 aromatic carbocycles. The van der Waals surface area contributed by atoms with E-state index in [1.165, 1.54) is 4.90 Å². The van der Waals surface area contributed by atoms with Crippen LogP contribution in [0.4, 0.5) is 0 Å². The molecule has 496 valence electrons. The van der Waals surface area contributed by atoms with Gasteiger partial charge in [0.2, 0.25) is 65.0 Å². The lowest BCUT2D eigenvalue weighted by molar-refractivity contribution is -0.140. The molecule has 18 N–H and O–H groups in total. The van der Waals surface area contributed by atoms with Crippen molar-refractivity contribution in [2.24, 2.45) is 28.7 Å². The Morgan fingerprint density at radius 3 is 1.17 bits per heavy atom. The van der Waals surface area contributed by atoms with Gasteiger partial charge in [0.15, 0.2) is 0 Å². The molecule has 0 bridgehead atoms. The number of primary amides is 3. The van der Waals surface area contributed by atoms with Gasteiger partial charge in [0.05, 0.1) is 6.04 Å². The van der Waals surface area contributed by atoms with Crippen LogP contribution in [-0.4, -0.2) is 142 Å². The Labute approximate surface area is 540 Å². The smallest absolute Gasteiger partial charge is 0.243 e. The van der Waals surface area contributed by atoms with Crippen molar-refractivity contribution < 1.29 is 57.8 Å². The van der Waals surface area contributed by atoms with Gasteiger partial charge in [-0.1, -0.05) is 121 Å². The lowest BCUT2D eigenvalue weighted by Crippen LogP contribution is -2.61. The molecule has 0 aliphatic carbocycles. The molecule has 0 saturated carbocycles. The highest BCUT2D eigenvalue weighted by atomic mass is 16.3. The van der Waals surface area contributed by atoms with Crippen molar-refractivity contribution in [3.63, 3.8) is 0 Å². The summed E-state index contributed by atoms with van der Waals surface area (Å²) in [6.45, 7) is 4.16. The monoisotopic (exact) mass is 1280 g/mol. The van der Waals surface area contributed by atoms with Crippen LogP contribution in [0.3, 0.4) is 0 Å². The zero-order chi connectivity index (χ0) is 67.6. The van der Waals surface area contributed by atoms with Gasteiger partial charge in [-0.25, -0.2) is 0 Å². The second kappa shape index (κ2) is 36.1. The molecule has 11 amide bonds. The normalized spacial score (nSPS) is 15.3. The van der Waals surface area contributed by atoms with Gasteiger partial charge >= 0.3 is 0 Å². The number of rotatable bonds is 36. The number of hydrogen-bond donors (Lipinski definition) is 13. The number of phenolic OH excluding ortho intramolecular Hbond substituents is 1. The van der Waals surface area contributed by atoms with Crippen molar-refractivity contribution in [1.29, 1.82) is 0 Å². The molecular formula is C68H87N13O12. The number of nitrogens with two attached hydrogens (primary N) is 5. The highest BCUT2D eigenvalue weighted by molar-refractivity contribution is 5.99. The molecule has 0 spiro atoms. The maximum absolute atomic E-state index is 14.9. The summed E-state index contributed by atoms with van der Waals surface area (Å²) in [5.41, 5.74) is 33.6. The summed E-state index contributed by atoms with van der Waals surface area (Å²) in [7, 11) is 0. The van der Waals surface area contributed by atoms with E-state index >= 15 is 0 Å². The van der Waals surface area contributed by atoms with Gasteiger partial charge in [0.25, 0.3) is 0 Å². The van der Waals surface area contributed by atoms with Crippen molar-refractivity contribution in [3.8, 4) is 5.75 Å². The van der Waals surface area contributed by atoms with Gasteiger partial charge < -0.3 is 75.9 Å². The number of amides is 11. The molecule has 5 aromatic rings. The van der Waals surface area contributed by atoms with Crippen LogP contribution in [0.2, 0.25) is 0 Å². The summed E-state index contributed by atoms with van der Waals surface area (Å²) in [6.07, 6.45) is -0.117. The van der Waals surface area contributed by atoms with Crippen molar-refractivity contribution in [3.05, 3.63) is 172 Å². The second-order valence-corrected chi connectivity index (χ2v) is 23.4. The number of hydrogen-bond acceptors (Lipinski definition) is 14. The lowest BCUT2D eigenvalue weighted by Gasteiger charge is -2.30. The first kappa shape index (κ1) is 72.1. The van der Waals surface area contributed by atoms with Crippen LogP contribution in [0, 0.1) is 13.8 Å². The van der Waals surface area contributed by atoms with Crippen molar-refractivity contribution in [2.45, 2.75) is 158 Å². The van der Waals surface area contributed by atoms with Gasteiger partial charge in [-0.15, -0.1) is 0 Å². The minimum absolute atomic E-state index is 0.0613. The minimum Gasteiger partial charge on any atom is -0.508 e. The molecular weight excluding hydrogens is 1190 g/mol. The Bertz CT molecular complexity index is 3360. The topological polar surface area (TPSA) is 426 Å². The van der Waals surface area contributed by atoms with E-state index in [0.29, 0.717) is 48.1 Å². The largest absolute Gasteiger partial charge is 0.508 e. The quantitative estimate of drug-likeness (QED) is 0.0241. The Balaban J connectivity index is 1.25. The molecule has 1 aliphatic rings. The number of aryl methyl sites for hydroxylation is 2. The van der Waals surface area contributed by atoms with Gasteiger partial charge in [-0.3, -0.25) is 52.7 Å². The fourth-order valence-electron chi connectivity index (χ4n) is 11.1. The molecule has 0 unspecified atom stereocenters. The summed E-state index contributed by atoms with van der Waals surface area (Å²) < 4.78 is 0. The predicted octanol–water partition coefficient (Wildman–Crippen LogP) is 0.380. The number of nitrogens with one attached hydrogen (secondary N) is 7. The molecule has 9 atom stereocenters. The van der Waals surface area contributed by atoms with E-state index in [9.17, 15) is 57.8 Å².